The third kappa shape index (κ3) is 1.30. The van der Waals surface area contributed by atoms with Gasteiger partial charge in [-0.25, -0.2) is 0 Å². The predicted octanol–water partition coefficient (Wildman–Crippen LogP) is 1.72. The highest BCUT2D eigenvalue weighted by Crippen LogP contribution is 2.53. The van der Waals surface area contributed by atoms with Gasteiger partial charge in [-0.15, -0.1) is 0 Å². The monoisotopic (exact) mass is 220 g/mol. The van der Waals surface area contributed by atoms with Crippen LogP contribution in [0.2, 0.25) is 0 Å². The second-order valence-electron chi connectivity index (χ2n) is 4.08. The van der Waals surface area contributed by atoms with E-state index in [4.69, 9.17) is 10.2 Å². The van der Waals surface area contributed by atoms with Crippen LogP contribution in [0, 0.1) is 5.41 Å². The van der Waals surface area contributed by atoms with Gasteiger partial charge in [-0.2, -0.15) is 0 Å². The van der Waals surface area contributed by atoms with Crippen molar-refractivity contribution in [3.05, 3.63) is 35.9 Å². The molecule has 0 radical (unpaired) electrons. The normalized spacial score (nSPS) is 22.1. The van der Waals surface area contributed by atoms with Crippen LogP contribution >= 0.6 is 0 Å². The van der Waals surface area contributed by atoms with Crippen LogP contribution in [0.3, 0.4) is 0 Å². The number of aliphatic carboxylic acids is 2. The summed E-state index contributed by atoms with van der Waals surface area (Å²) in [5.74, 6) is -2.89. The molecule has 1 aliphatic carbocycles. The molecule has 1 aromatic carbocycles. The van der Waals surface area contributed by atoms with E-state index >= 15 is 0 Å². The van der Waals surface area contributed by atoms with Gasteiger partial charge >= 0.3 is 11.9 Å². The lowest BCUT2D eigenvalue weighted by Crippen LogP contribution is -2.51. The Balaban J connectivity index is 2.38. The summed E-state index contributed by atoms with van der Waals surface area (Å²) in [5, 5.41) is 18.2. The first-order chi connectivity index (χ1) is 7.59. The second kappa shape index (κ2) is 3.63. The van der Waals surface area contributed by atoms with Crippen LogP contribution in [0.15, 0.2) is 30.3 Å². The van der Waals surface area contributed by atoms with Gasteiger partial charge in [0.1, 0.15) is 0 Å². The van der Waals surface area contributed by atoms with E-state index in [1.807, 2.05) is 6.07 Å². The molecule has 2 N–H and O–H groups in total. The first-order valence-corrected chi connectivity index (χ1v) is 5.11. The quantitative estimate of drug-likeness (QED) is 0.760. The van der Waals surface area contributed by atoms with E-state index in [-0.39, 0.29) is 6.42 Å². The summed E-state index contributed by atoms with van der Waals surface area (Å²) in [6.45, 7) is 0. The Morgan fingerprint density at radius 1 is 1.12 bits per heavy atom. The van der Waals surface area contributed by atoms with Crippen LogP contribution in [-0.4, -0.2) is 22.2 Å². The molecule has 1 fully saturated rings. The van der Waals surface area contributed by atoms with Crippen LogP contribution in [0.1, 0.15) is 24.3 Å². The Bertz CT molecular complexity index is 410. The minimum absolute atomic E-state index is 0.206. The number of carboxylic acids is 2. The minimum Gasteiger partial charge on any atom is -0.480 e. The largest absolute Gasteiger partial charge is 0.480 e. The molecule has 0 spiro atoms. The summed E-state index contributed by atoms with van der Waals surface area (Å²) in [7, 11) is 0. The minimum atomic E-state index is -1.62. The van der Waals surface area contributed by atoms with Crippen LogP contribution in [0.4, 0.5) is 0 Å². The van der Waals surface area contributed by atoms with Crippen molar-refractivity contribution in [2.24, 2.45) is 5.41 Å². The Morgan fingerprint density at radius 3 is 2.06 bits per heavy atom. The molecule has 1 atom stereocenters. The number of benzene rings is 1. The second-order valence-corrected chi connectivity index (χ2v) is 4.08. The molecule has 84 valence electrons. The fraction of sp³-hybridized carbons (Fsp3) is 0.333. The van der Waals surface area contributed by atoms with Crippen molar-refractivity contribution in [3.63, 3.8) is 0 Å². The molecular formula is C12H12O4. The third-order valence-corrected chi connectivity index (χ3v) is 3.39. The summed E-state index contributed by atoms with van der Waals surface area (Å²) in [6.07, 6.45) is 0.819. The van der Waals surface area contributed by atoms with Gasteiger partial charge in [-0.3, -0.25) is 9.59 Å². The lowest BCUT2D eigenvalue weighted by molar-refractivity contribution is -0.174. The Hall–Kier alpha value is -1.84. The van der Waals surface area contributed by atoms with E-state index in [0.717, 1.165) is 5.56 Å². The lowest BCUT2D eigenvalue weighted by Gasteiger charge is -2.42. The number of rotatable bonds is 3. The summed E-state index contributed by atoms with van der Waals surface area (Å²) in [5.41, 5.74) is -0.833. The molecule has 2 rings (SSSR count). The fourth-order valence-electron chi connectivity index (χ4n) is 2.32. The van der Waals surface area contributed by atoms with E-state index in [1.165, 1.54) is 0 Å². The van der Waals surface area contributed by atoms with Gasteiger partial charge < -0.3 is 10.2 Å². The molecule has 1 aromatic rings. The molecule has 0 saturated heterocycles. The standard InChI is InChI=1S/C12H12O4/c13-10(14)12(11(15)16)7-6-9(12)8-4-2-1-3-5-8/h1-5,9H,6-7H2,(H,13,14)(H,15,16). The maximum atomic E-state index is 11.1. The molecule has 1 saturated carbocycles. The van der Waals surface area contributed by atoms with E-state index in [1.54, 1.807) is 24.3 Å². The zero-order valence-electron chi connectivity index (χ0n) is 8.59. The SMILES string of the molecule is O=C(O)C1(C(=O)O)CCC1c1ccccc1. The summed E-state index contributed by atoms with van der Waals surface area (Å²) < 4.78 is 0. The molecule has 0 bridgehead atoms. The number of carbonyl (C=O) groups is 2. The molecule has 0 heterocycles. The zero-order chi connectivity index (χ0) is 11.8. The predicted molar refractivity (Wildman–Crippen MR) is 56.1 cm³/mol. The topological polar surface area (TPSA) is 74.6 Å². The summed E-state index contributed by atoms with van der Waals surface area (Å²) in [6, 6.07) is 8.98. The maximum Gasteiger partial charge on any atom is 0.321 e. The molecule has 4 nitrogen and oxygen atoms in total. The van der Waals surface area contributed by atoms with Crippen LogP contribution in [-0.2, 0) is 9.59 Å². The Labute approximate surface area is 92.5 Å². The maximum absolute atomic E-state index is 11.1. The summed E-state index contributed by atoms with van der Waals surface area (Å²) in [4.78, 5) is 22.3. The van der Waals surface area contributed by atoms with Crippen LogP contribution < -0.4 is 0 Å². The Morgan fingerprint density at radius 2 is 1.69 bits per heavy atom. The van der Waals surface area contributed by atoms with Gasteiger partial charge in [0.25, 0.3) is 0 Å². The molecule has 0 aromatic heterocycles. The van der Waals surface area contributed by atoms with Gasteiger partial charge in [-0.05, 0) is 18.4 Å². The van der Waals surface area contributed by atoms with Crippen molar-refractivity contribution in [2.45, 2.75) is 18.8 Å². The average molecular weight is 220 g/mol. The van der Waals surface area contributed by atoms with Gasteiger partial charge in [0.05, 0.1) is 0 Å². The van der Waals surface area contributed by atoms with Crippen LogP contribution in [0.5, 0.6) is 0 Å². The first-order valence-electron chi connectivity index (χ1n) is 5.11. The van der Waals surface area contributed by atoms with E-state index in [9.17, 15) is 9.59 Å². The number of hydrogen-bond donors (Lipinski definition) is 2. The molecule has 1 aliphatic rings. The average Bonchev–Trinajstić information content (AvgIpc) is 2.16. The van der Waals surface area contributed by atoms with Crippen molar-refractivity contribution < 1.29 is 19.8 Å². The lowest BCUT2D eigenvalue weighted by atomic mass is 9.57. The molecular weight excluding hydrogens is 208 g/mol. The highest BCUT2D eigenvalue weighted by atomic mass is 16.4. The smallest absolute Gasteiger partial charge is 0.321 e. The van der Waals surface area contributed by atoms with Gasteiger partial charge in [-0.1, -0.05) is 30.3 Å². The molecule has 4 heteroatoms. The molecule has 16 heavy (non-hydrogen) atoms. The summed E-state index contributed by atoms with van der Waals surface area (Å²) >= 11 is 0. The third-order valence-electron chi connectivity index (χ3n) is 3.39. The first kappa shape index (κ1) is 10.7. The van der Waals surface area contributed by atoms with E-state index < -0.39 is 23.3 Å². The van der Waals surface area contributed by atoms with Gasteiger partial charge in [0.15, 0.2) is 5.41 Å². The highest BCUT2D eigenvalue weighted by molar-refractivity contribution is 6.00. The highest BCUT2D eigenvalue weighted by Gasteiger charge is 2.59. The zero-order valence-corrected chi connectivity index (χ0v) is 8.59. The van der Waals surface area contributed by atoms with Crippen molar-refractivity contribution >= 4 is 11.9 Å². The fourth-order valence-corrected chi connectivity index (χ4v) is 2.32. The van der Waals surface area contributed by atoms with Crippen molar-refractivity contribution in [1.29, 1.82) is 0 Å². The van der Waals surface area contributed by atoms with Gasteiger partial charge in [0, 0.05) is 5.92 Å². The van der Waals surface area contributed by atoms with Gasteiger partial charge in [0.2, 0.25) is 0 Å². The number of carboxylic acid groups (broad SMARTS) is 2. The Kier molecular flexibility index (Phi) is 2.42. The molecule has 1 unspecified atom stereocenters. The van der Waals surface area contributed by atoms with Crippen LogP contribution in [0.25, 0.3) is 0 Å². The van der Waals surface area contributed by atoms with Crippen molar-refractivity contribution in [1.82, 2.24) is 0 Å². The molecule has 0 amide bonds. The van der Waals surface area contributed by atoms with Crippen molar-refractivity contribution in [2.75, 3.05) is 0 Å². The van der Waals surface area contributed by atoms with E-state index in [0.29, 0.717) is 6.42 Å². The van der Waals surface area contributed by atoms with Crippen molar-refractivity contribution in [3.8, 4) is 0 Å². The number of hydrogen-bond acceptors (Lipinski definition) is 2. The van der Waals surface area contributed by atoms with E-state index in [2.05, 4.69) is 0 Å². The molecule has 0 aliphatic heterocycles.